The smallest absolute Gasteiger partial charge is 0.315 e. The van der Waals surface area contributed by atoms with E-state index >= 15 is 0 Å². The number of rotatable bonds is 5. The zero-order valence-corrected chi connectivity index (χ0v) is 31.6. The molecule has 0 aromatic heterocycles. The highest BCUT2D eigenvalue weighted by atomic mass is 35.5. The third-order valence-electron chi connectivity index (χ3n) is 8.30. The molecule has 18 heteroatoms. The van der Waals surface area contributed by atoms with Crippen molar-refractivity contribution in [3.63, 3.8) is 0 Å². The summed E-state index contributed by atoms with van der Waals surface area (Å²) >= 11 is 16.1. The number of aliphatic hydroxyl groups excluding tert-OH is 2. The van der Waals surface area contributed by atoms with Gasteiger partial charge in [-0.3, -0.25) is 14.4 Å². The Morgan fingerprint density at radius 3 is 1.61 bits per heavy atom. The van der Waals surface area contributed by atoms with Crippen LogP contribution in [-0.2, 0) is 12.8 Å². The highest BCUT2D eigenvalue weighted by Gasteiger charge is 2.35. The lowest BCUT2D eigenvalue weighted by Crippen LogP contribution is -2.39. The van der Waals surface area contributed by atoms with Gasteiger partial charge in [0, 0.05) is 49.4 Å². The summed E-state index contributed by atoms with van der Waals surface area (Å²) < 4.78 is 26.4. The van der Waals surface area contributed by atoms with Gasteiger partial charge in [0.2, 0.25) is 0 Å². The molecule has 0 saturated carbocycles. The van der Waals surface area contributed by atoms with Gasteiger partial charge in [-0.05, 0) is 82.4 Å². The third-order valence-corrected chi connectivity index (χ3v) is 9.07. The highest BCUT2D eigenvalue weighted by molar-refractivity contribution is 6.62. The topological polar surface area (TPSA) is 195 Å². The Morgan fingerprint density at radius 2 is 1.17 bits per heavy atom. The molecule has 0 aliphatic heterocycles. The van der Waals surface area contributed by atoms with Gasteiger partial charge in [0.05, 0.1) is 34.3 Å². The van der Waals surface area contributed by atoms with Crippen molar-refractivity contribution < 1.29 is 38.2 Å². The van der Waals surface area contributed by atoms with Crippen molar-refractivity contribution in [2.75, 3.05) is 24.7 Å². The molecule has 5 amide bonds. The van der Waals surface area contributed by atoms with E-state index in [0.717, 1.165) is 11.1 Å². The number of nitrogens with one attached hydrogen (secondary N) is 5. The van der Waals surface area contributed by atoms with Crippen molar-refractivity contribution in [3.05, 3.63) is 128 Å². The third kappa shape index (κ3) is 10.8. The number of hydrogen-bond acceptors (Lipinski definition) is 7. The van der Waals surface area contributed by atoms with Crippen molar-refractivity contribution in [2.24, 2.45) is 5.73 Å². The van der Waals surface area contributed by atoms with Crippen LogP contribution >= 0.6 is 47.2 Å². The molecule has 4 atom stereocenters. The molecule has 4 aromatic rings. The minimum atomic E-state index is -0.837. The minimum absolute atomic E-state index is 0. The van der Waals surface area contributed by atoms with E-state index in [1.165, 1.54) is 50.5 Å². The standard InChI is InChI=1S/C18H17ClFN3O3.C16H14ClFN2O2.C2H4ClNO.ClH/c1-21-18(26)23-16-10-3-2-4-11(12(10)8-15(16)24)17(25)22-9-5-6-14(20)13(19)7-9;17-12-6-8(4-5-13(12)18)20-16(22)10-3-1-2-9-11(10)7-14(21)15(9)19;1-4-2(3)5;/h2-7,15-16,24H,8H2,1H3,(H,22,25)(H2,21,23,26);1-6,14-15,21H,7,19H2,(H,20,22);1H3,(H,4,5);1H. The van der Waals surface area contributed by atoms with Gasteiger partial charge in [0.25, 0.3) is 11.8 Å². The molecule has 9 N–H and O–H groups in total. The van der Waals surface area contributed by atoms with Crippen LogP contribution in [0.1, 0.15) is 55.1 Å². The van der Waals surface area contributed by atoms with Crippen molar-refractivity contribution in [1.29, 1.82) is 0 Å². The van der Waals surface area contributed by atoms with Gasteiger partial charge >= 0.3 is 11.4 Å². The molecule has 0 heterocycles. The van der Waals surface area contributed by atoms with E-state index in [-0.39, 0.29) is 34.8 Å². The van der Waals surface area contributed by atoms with Gasteiger partial charge in [-0.25, -0.2) is 13.6 Å². The monoisotopic (exact) mass is 826 g/mol. The van der Waals surface area contributed by atoms with Crippen LogP contribution in [0.3, 0.4) is 0 Å². The van der Waals surface area contributed by atoms with Crippen LogP contribution < -0.4 is 32.3 Å². The number of urea groups is 1. The second-order valence-electron chi connectivity index (χ2n) is 11.7. The summed E-state index contributed by atoms with van der Waals surface area (Å²) in [5.74, 6) is -1.87. The summed E-state index contributed by atoms with van der Waals surface area (Å²) in [6.45, 7) is 0. The number of halogens is 6. The van der Waals surface area contributed by atoms with Gasteiger partial charge in [0.1, 0.15) is 11.6 Å². The molecule has 288 valence electrons. The average molecular weight is 829 g/mol. The number of hydrogen-bond donors (Lipinski definition) is 8. The summed E-state index contributed by atoms with van der Waals surface area (Å²) in [5, 5.41) is 32.1. The number of anilines is 2. The molecule has 2 aliphatic rings. The molecule has 0 radical (unpaired) electrons. The SMILES string of the molecule is CNC(=O)Cl.CNC(=O)NC1c2cccc(C(=O)Nc3ccc(F)c(Cl)c3)c2CC1O.Cl.NC1c2cccc(C(=O)Nc3ccc(F)c(Cl)c3)c2CC1O. The normalized spacial score (nSPS) is 17.4. The van der Waals surface area contributed by atoms with E-state index in [9.17, 15) is 38.2 Å². The lowest BCUT2D eigenvalue weighted by atomic mass is 10.0. The van der Waals surface area contributed by atoms with Gasteiger partial charge in [-0.1, -0.05) is 47.5 Å². The number of fused-ring (bicyclic) bond motifs is 2. The fraction of sp³-hybridized carbons (Fsp3) is 0.222. The Balaban J connectivity index is 0.000000256. The van der Waals surface area contributed by atoms with Gasteiger partial charge in [0.15, 0.2) is 0 Å². The second kappa shape index (κ2) is 19.7. The molecule has 6 rings (SSSR count). The first-order valence-electron chi connectivity index (χ1n) is 15.9. The Morgan fingerprint density at radius 1 is 0.722 bits per heavy atom. The van der Waals surface area contributed by atoms with Gasteiger partial charge in [-0.2, -0.15) is 0 Å². The predicted molar refractivity (Wildman–Crippen MR) is 206 cm³/mol. The van der Waals surface area contributed by atoms with Crippen LogP contribution in [0, 0.1) is 11.6 Å². The number of benzene rings is 4. The number of aliphatic hydroxyl groups is 2. The molecule has 0 fully saturated rings. The Labute approximate surface area is 330 Å². The van der Waals surface area contributed by atoms with E-state index in [0.29, 0.717) is 40.0 Å². The lowest BCUT2D eigenvalue weighted by Gasteiger charge is -2.17. The van der Waals surface area contributed by atoms with Crippen LogP contribution in [0.25, 0.3) is 0 Å². The molecule has 12 nitrogen and oxygen atoms in total. The predicted octanol–water partition coefficient (Wildman–Crippen LogP) is 6.25. The molecular weight excluding hydrogens is 792 g/mol. The maximum absolute atomic E-state index is 13.2. The van der Waals surface area contributed by atoms with Crippen LogP contribution in [0.15, 0.2) is 72.8 Å². The van der Waals surface area contributed by atoms with Crippen LogP contribution in [0.2, 0.25) is 10.0 Å². The van der Waals surface area contributed by atoms with Crippen molar-refractivity contribution in [2.45, 2.75) is 37.1 Å². The van der Waals surface area contributed by atoms with Crippen molar-refractivity contribution >= 4 is 81.8 Å². The number of carbonyl (C=O) groups excluding carboxylic acids is 4. The minimum Gasteiger partial charge on any atom is -0.391 e. The van der Waals surface area contributed by atoms with Gasteiger partial charge < -0.3 is 42.5 Å². The molecule has 0 bridgehead atoms. The van der Waals surface area contributed by atoms with E-state index in [4.69, 9.17) is 40.5 Å². The first kappa shape index (κ1) is 43.9. The highest BCUT2D eigenvalue weighted by Crippen LogP contribution is 2.35. The molecule has 2 aliphatic carbocycles. The van der Waals surface area contributed by atoms with Gasteiger partial charge in [-0.15, -0.1) is 12.4 Å². The second-order valence-corrected chi connectivity index (χ2v) is 12.9. The van der Waals surface area contributed by atoms with Crippen LogP contribution in [-0.4, -0.2) is 59.7 Å². The molecule has 54 heavy (non-hydrogen) atoms. The molecular formula is C36H36Cl4F2N6O6. The lowest BCUT2D eigenvalue weighted by molar-refractivity contribution is 0.101. The first-order valence-corrected chi connectivity index (χ1v) is 17.0. The number of nitrogens with two attached hydrogens (primary N) is 1. The zero-order chi connectivity index (χ0) is 39.0. The fourth-order valence-electron chi connectivity index (χ4n) is 5.70. The van der Waals surface area contributed by atoms with Crippen molar-refractivity contribution in [1.82, 2.24) is 16.0 Å². The summed E-state index contributed by atoms with van der Waals surface area (Å²) in [4.78, 5) is 46.1. The Kier molecular flexibility index (Phi) is 16.0. The fourth-order valence-corrected chi connectivity index (χ4v) is 6.06. The molecule has 4 unspecified atom stereocenters. The van der Waals surface area contributed by atoms with Crippen LogP contribution in [0.4, 0.5) is 29.7 Å². The van der Waals surface area contributed by atoms with E-state index in [1.807, 2.05) is 6.07 Å². The quantitative estimate of drug-likeness (QED) is 0.0860. The summed E-state index contributed by atoms with van der Waals surface area (Å²) in [7, 11) is 2.95. The first-order chi connectivity index (χ1) is 25.1. The zero-order valence-electron chi connectivity index (χ0n) is 28.6. The van der Waals surface area contributed by atoms with E-state index in [2.05, 4.69) is 26.6 Å². The number of carbonyl (C=O) groups is 4. The van der Waals surface area contributed by atoms with Crippen molar-refractivity contribution in [3.8, 4) is 0 Å². The molecule has 0 spiro atoms. The maximum atomic E-state index is 13.2. The molecule has 0 saturated heterocycles. The summed E-state index contributed by atoms with van der Waals surface area (Å²) in [6.07, 6.45) is -0.956. The Hall–Kier alpha value is -4.54. The maximum Gasteiger partial charge on any atom is 0.315 e. The molecule has 4 aromatic carbocycles. The average Bonchev–Trinajstić information content (AvgIpc) is 3.61. The van der Waals surface area contributed by atoms with E-state index < -0.39 is 53.2 Å². The Bertz CT molecular complexity index is 2030. The summed E-state index contributed by atoms with van der Waals surface area (Å²) in [5.41, 5.74) is 10.4. The van der Waals surface area contributed by atoms with Crippen LogP contribution in [0.5, 0.6) is 0 Å². The summed E-state index contributed by atoms with van der Waals surface area (Å²) in [6, 6.07) is 16.6. The number of amides is 5. The largest absolute Gasteiger partial charge is 0.391 e. The van der Waals surface area contributed by atoms with E-state index in [1.54, 1.807) is 30.3 Å².